The molecule has 21 heavy (non-hydrogen) atoms. The Morgan fingerprint density at radius 1 is 0.952 bits per heavy atom. The van der Waals surface area contributed by atoms with Gasteiger partial charge in [-0.1, -0.05) is 20.8 Å². The van der Waals surface area contributed by atoms with Crippen LogP contribution in [0.15, 0.2) is 0 Å². The molecule has 0 aromatic carbocycles. The Labute approximate surface area is 127 Å². The van der Waals surface area contributed by atoms with Gasteiger partial charge in [0.15, 0.2) is 0 Å². The Balaban J connectivity index is 1.77. The van der Waals surface area contributed by atoms with Crippen molar-refractivity contribution in [3.63, 3.8) is 0 Å². The maximum atomic E-state index is 12.3. The second kappa shape index (κ2) is 6.37. The Morgan fingerprint density at radius 3 is 2.00 bits per heavy atom. The summed E-state index contributed by atoms with van der Waals surface area (Å²) in [4.78, 5) is 23.3. The summed E-state index contributed by atoms with van der Waals surface area (Å²) in [5.41, 5.74) is 0.335. The van der Waals surface area contributed by atoms with Crippen LogP contribution >= 0.6 is 0 Å². The lowest BCUT2D eigenvalue weighted by Crippen LogP contribution is -2.40. The minimum atomic E-state index is -0.725. The van der Waals surface area contributed by atoms with E-state index < -0.39 is 5.97 Å². The fourth-order valence-electron chi connectivity index (χ4n) is 3.88. The minimum absolute atomic E-state index is 0.0685. The van der Waals surface area contributed by atoms with Crippen molar-refractivity contribution in [2.24, 2.45) is 23.2 Å². The smallest absolute Gasteiger partial charge is 0.306 e. The molecule has 2 fully saturated rings. The number of carbonyl (C=O) groups is 2. The highest BCUT2D eigenvalue weighted by Gasteiger charge is 2.35. The van der Waals surface area contributed by atoms with Crippen LogP contribution in [0.1, 0.15) is 65.7 Å². The average Bonchev–Trinajstić information content (AvgIpc) is 2.86. The summed E-state index contributed by atoms with van der Waals surface area (Å²) in [6.45, 7) is 6.84. The van der Waals surface area contributed by atoms with Crippen molar-refractivity contribution in [3.05, 3.63) is 0 Å². The molecule has 0 saturated heterocycles. The van der Waals surface area contributed by atoms with E-state index in [0.717, 1.165) is 32.1 Å². The van der Waals surface area contributed by atoms with E-state index in [-0.39, 0.29) is 23.8 Å². The number of amides is 1. The SMILES string of the molecule is CC(C)(C)C1CCC(C(=O)N[C@H]2CC[C@@H](C(=O)O)C2)CC1. The molecule has 0 radical (unpaired) electrons. The second-order valence-corrected chi connectivity index (χ2v) is 7.97. The molecule has 0 bridgehead atoms. The highest BCUT2D eigenvalue weighted by molar-refractivity contribution is 5.79. The average molecular weight is 295 g/mol. The number of carboxylic acid groups (broad SMARTS) is 1. The maximum Gasteiger partial charge on any atom is 0.306 e. The van der Waals surface area contributed by atoms with E-state index in [1.807, 2.05) is 0 Å². The van der Waals surface area contributed by atoms with Crippen molar-refractivity contribution in [2.75, 3.05) is 0 Å². The first-order valence-electron chi connectivity index (χ1n) is 8.30. The number of hydrogen-bond acceptors (Lipinski definition) is 2. The molecule has 0 heterocycles. The highest BCUT2D eigenvalue weighted by Crippen LogP contribution is 2.40. The number of carbonyl (C=O) groups excluding carboxylic acids is 1. The minimum Gasteiger partial charge on any atom is -0.481 e. The van der Waals surface area contributed by atoms with Gasteiger partial charge in [0, 0.05) is 12.0 Å². The van der Waals surface area contributed by atoms with Crippen LogP contribution in [0.3, 0.4) is 0 Å². The van der Waals surface area contributed by atoms with Gasteiger partial charge in [0.2, 0.25) is 5.91 Å². The van der Waals surface area contributed by atoms with Gasteiger partial charge in [0.25, 0.3) is 0 Å². The summed E-state index contributed by atoms with van der Waals surface area (Å²) in [7, 11) is 0. The number of rotatable bonds is 3. The quantitative estimate of drug-likeness (QED) is 0.840. The first-order valence-corrected chi connectivity index (χ1v) is 8.30. The summed E-state index contributed by atoms with van der Waals surface area (Å²) >= 11 is 0. The van der Waals surface area contributed by atoms with Crippen LogP contribution in [-0.2, 0) is 9.59 Å². The van der Waals surface area contributed by atoms with Crippen LogP contribution in [0.5, 0.6) is 0 Å². The van der Waals surface area contributed by atoms with Crippen molar-refractivity contribution >= 4 is 11.9 Å². The second-order valence-electron chi connectivity index (χ2n) is 7.97. The summed E-state index contributed by atoms with van der Waals surface area (Å²) in [5, 5.41) is 12.1. The van der Waals surface area contributed by atoms with Crippen LogP contribution < -0.4 is 5.32 Å². The molecule has 2 aliphatic rings. The van der Waals surface area contributed by atoms with Gasteiger partial charge in [0.1, 0.15) is 0 Å². The Morgan fingerprint density at radius 2 is 1.52 bits per heavy atom. The van der Waals surface area contributed by atoms with E-state index in [0.29, 0.717) is 24.2 Å². The van der Waals surface area contributed by atoms with E-state index in [1.54, 1.807) is 0 Å². The van der Waals surface area contributed by atoms with E-state index in [9.17, 15) is 9.59 Å². The molecule has 120 valence electrons. The van der Waals surface area contributed by atoms with Crippen LogP contribution in [0, 0.1) is 23.2 Å². The number of hydrogen-bond donors (Lipinski definition) is 2. The largest absolute Gasteiger partial charge is 0.481 e. The molecule has 4 heteroatoms. The predicted molar refractivity (Wildman–Crippen MR) is 81.8 cm³/mol. The van der Waals surface area contributed by atoms with Crippen molar-refractivity contribution in [3.8, 4) is 0 Å². The third kappa shape index (κ3) is 4.21. The van der Waals surface area contributed by atoms with Crippen molar-refractivity contribution < 1.29 is 14.7 Å². The molecule has 2 saturated carbocycles. The van der Waals surface area contributed by atoms with E-state index >= 15 is 0 Å². The molecule has 0 aliphatic heterocycles. The first-order chi connectivity index (χ1) is 9.77. The zero-order valence-corrected chi connectivity index (χ0v) is 13.5. The third-order valence-electron chi connectivity index (χ3n) is 5.45. The van der Waals surface area contributed by atoms with Gasteiger partial charge >= 0.3 is 5.97 Å². The summed E-state index contributed by atoms with van der Waals surface area (Å²) in [5.74, 6) is -0.000316. The van der Waals surface area contributed by atoms with Gasteiger partial charge in [-0.3, -0.25) is 9.59 Å². The molecular formula is C17H29NO3. The Kier molecular flexibility index (Phi) is 4.95. The highest BCUT2D eigenvalue weighted by atomic mass is 16.4. The number of aliphatic carboxylic acids is 1. The number of carboxylic acids is 1. The van der Waals surface area contributed by atoms with Crippen molar-refractivity contribution in [1.29, 1.82) is 0 Å². The molecule has 0 spiro atoms. The molecule has 2 N–H and O–H groups in total. The summed E-state index contributed by atoms with van der Waals surface area (Å²) in [6, 6.07) is 0.0685. The van der Waals surface area contributed by atoms with Gasteiger partial charge in [-0.25, -0.2) is 0 Å². The Bertz CT molecular complexity index is 391. The molecule has 4 nitrogen and oxygen atoms in total. The van der Waals surface area contributed by atoms with Gasteiger partial charge < -0.3 is 10.4 Å². The fourth-order valence-corrected chi connectivity index (χ4v) is 3.88. The van der Waals surface area contributed by atoms with E-state index in [4.69, 9.17) is 5.11 Å². The molecule has 0 aromatic rings. The molecule has 1 amide bonds. The van der Waals surface area contributed by atoms with Crippen LogP contribution in [0.2, 0.25) is 0 Å². The zero-order valence-electron chi connectivity index (χ0n) is 13.5. The number of nitrogens with one attached hydrogen (secondary N) is 1. The fraction of sp³-hybridized carbons (Fsp3) is 0.882. The first kappa shape index (κ1) is 16.3. The lowest BCUT2D eigenvalue weighted by molar-refractivity contribution is -0.141. The summed E-state index contributed by atoms with van der Waals surface area (Å²) in [6.07, 6.45) is 6.30. The molecule has 2 aliphatic carbocycles. The van der Waals surface area contributed by atoms with Gasteiger partial charge in [-0.05, 0) is 56.3 Å². The van der Waals surface area contributed by atoms with Gasteiger partial charge in [0.05, 0.1) is 5.92 Å². The normalized spacial score (nSPS) is 33.7. The van der Waals surface area contributed by atoms with Crippen LogP contribution in [0.4, 0.5) is 0 Å². The monoisotopic (exact) mass is 295 g/mol. The van der Waals surface area contributed by atoms with Crippen molar-refractivity contribution in [1.82, 2.24) is 5.32 Å². The van der Waals surface area contributed by atoms with Gasteiger partial charge in [-0.2, -0.15) is 0 Å². The zero-order chi connectivity index (χ0) is 15.6. The molecule has 0 aromatic heterocycles. The predicted octanol–water partition coefficient (Wildman–Crippen LogP) is 3.21. The Hall–Kier alpha value is -1.06. The lowest BCUT2D eigenvalue weighted by Gasteiger charge is -2.36. The van der Waals surface area contributed by atoms with Crippen molar-refractivity contribution in [2.45, 2.75) is 71.8 Å². The molecular weight excluding hydrogens is 266 g/mol. The lowest BCUT2D eigenvalue weighted by atomic mass is 9.69. The standard InChI is InChI=1S/C17H29NO3/c1-17(2,3)13-7-4-11(5-8-13)15(19)18-14-9-6-12(10-14)16(20)21/h11-14H,4-10H2,1-3H3,(H,18,19)(H,20,21)/t11?,12-,13?,14+/m1/s1. The molecule has 0 unspecified atom stereocenters. The van der Waals surface area contributed by atoms with Gasteiger partial charge in [-0.15, -0.1) is 0 Å². The van der Waals surface area contributed by atoms with E-state index in [1.165, 1.54) is 0 Å². The van der Waals surface area contributed by atoms with Crippen LogP contribution in [0.25, 0.3) is 0 Å². The third-order valence-corrected chi connectivity index (χ3v) is 5.45. The van der Waals surface area contributed by atoms with E-state index in [2.05, 4.69) is 26.1 Å². The molecule has 2 atom stereocenters. The molecule has 2 rings (SSSR count). The summed E-state index contributed by atoms with van der Waals surface area (Å²) < 4.78 is 0. The maximum absolute atomic E-state index is 12.3. The van der Waals surface area contributed by atoms with Crippen LogP contribution in [-0.4, -0.2) is 23.0 Å². The topological polar surface area (TPSA) is 66.4 Å².